The molecule has 0 aromatic carbocycles. The first-order valence-corrected chi connectivity index (χ1v) is 45.6. The molecule has 42 heteroatoms. The van der Waals surface area contributed by atoms with Crippen LogP contribution >= 0.6 is 0 Å². The highest BCUT2D eigenvalue weighted by molar-refractivity contribution is 5.82. The molecule has 4 aliphatic heterocycles. The fourth-order valence-electron chi connectivity index (χ4n) is 17.2. The number of rotatable bonds is 62. The molecule has 0 bridgehead atoms. The number of hydrogen-bond acceptors (Lipinski definition) is 35. The predicted octanol–water partition coefficient (Wildman–Crippen LogP) is -2.63. The van der Waals surface area contributed by atoms with Crippen LogP contribution in [0.3, 0.4) is 0 Å². The number of aliphatic hydroxyl groups excluding tert-OH is 19. The van der Waals surface area contributed by atoms with E-state index in [2.05, 4.69) is 42.0 Å². The maximum Gasteiger partial charge on any atom is 0.364 e. The van der Waals surface area contributed by atoms with Gasteiger partial charge in [-0.2, -0.15) is 0 Å². The highest BCUT2D eigenvalue weighted by Gasteiger charge is 2.64. The highest BCUT2D eigenvalue weighted by atomic mass is 16.8. The normalized spacial score (nSPS) is 32.7. The molecule has 33 unspecified atom stereocenters. The molecule has 0 aromatic rings. The topological polar surface area (TPSA) is 696 Å². The van der Waals surface area contributed by atoms with Gasteiger partial charge < -0.3 is 176 Å². The van der Waals surface area contributed by atoms with Crippen LogP contribution in [0.15, 0.2) is 0 Å². The summed E-state index contributed by atoms with van der Waals surface area (Å²) < 4.78 is 52.9. The fourth-order valence-corrected chi connectivity index (χ4v) is 17.2. The molecule has 26 N–H and O–H groups in total. The Bertz CT molecular complexity index is 3200. The van der Waals surface area contributed by atoms with Crippen LogP contribution in [0.1, 0.15) is 253 Å². The summed E-state index contributed by atoms with van der Waals surface area (Å²) in [6, 6.07) is -7.51. The molecule has 5 fully saturated rings. The van der Waals surface area contributed by atoms with E-state index < -0.39 is 301 Å². The Balaban J connectivity index is 1.39. The van der Waals surface area contributed by atoms with E-state index in [9.17, 15) is 146 Å². The Hall–Kier alpha value is -4.83. The Morgan fingerprint density at radius 1 is 0.465 bits per heavy atom. The first-order valence-electron chi connectivity index (χ1n) is 45.6. The van der Waals surface area contributed by atoms with Crippen molar-refractivity contribution in [3.8, 4) is 0 Å². The zero-order chi connectivity index (χ0) is 94.6. The van der Waals surface area contributed by atoms with Gasteiger partial charge in [0.05, 0.1) is 93.8 Å². The average molecular weight is 1840 g/mol. The molecule has 740 valence electrons. The molecule has 4 amide bonds. The summed E-state index contributed by atoms with van der Waals surface area (Å²) in [4.78, 5) is 95.7. The van der Waals surface area contributed by atoms with Gasteiger partial charge in [0.15, 0.2) is 18.2 Å². The van der Waals surface area contributed by atoms with Gasteiger partial charge in [0.1, 0.15) is 104 Å². The number of unbranched alkanes of at least 4 members (excludes halogenated alkanes) is 23. The minimum absolute atomic E-state index is 0.0248. The zero-order valence-corrected chi connectivity index (χ0v) is 74.3. The van der Waals surface area contributed by atoms with Crippen molar-refractivity contribution in [2.75, 3.05) is 39.6 Å². The van der Waals surface area contributed by atoms with Crippen LogP contribution in [-0.4, -0.2) is 382 Å². The smallest absolute Gasteiger partial charge is 0.364 e. The Morgan fingerprint density at radius 3 is 1.38 bits per heavy atom. The largest absolute Gasteiger partial charge is 0.479 e. The van der Waals surface area contributed by atoms with Crippen molar-refractivity contribution in [3.05, 3.63) is 0 Å². The summed E-state index contributed by atoms with van der Waals surface area (Å²) in [5.74, 6) is -19.0. The third kappa shape index (κ3) is 33.9. The number of carboxylic acid groups (broad SMARTS) is 3. The summed E-state index contributed by atoms with van der Waals surface area (Å²) in [7, 11) is 0. The predicted molar refractivity (Wildman–Crippen MR) is 444 cm³/mol. The second-order valence-electron chi connectivity index (χ2n) is 35.4. The maximum atomic E-state index is 14.3. The number of hydrogen-bond donors (Lipinski definition) is 26. The van der Waals surface area contributed by atoms with Gasteiger partial charge in [-0.3, -0.25) is 19.2 Å². The monoisotopic (exact) mass is 1840 g/mol. The average Bonchev–Trinajstić information content (AvgIpc) is 0.744. The zero-order valence-electron chi connectivity index (χ0n) is 74.3. The van der Waals surface area contributed by atoms with E-state index in [4.69, 9.17) is 42.6 Å². The minimum atomic E-state index is -3.41. The van der Waals surface area contributed by atoms with Crippen molar-refractivity contribution >= 4 is 41.5 Å². The summed E-state index contributed by atoms with van der Waals surface area (Å²) in [5, 5.41) is 254. The van der Waals surface area contributed by atoms with Crippen LogP contribution in [0.5, 0.6) is 0 Å². The SMILES string of the molecule is CCCCCCCCCCCCCCCCCCCCC(O)C(=O)NC(COC1OC(COC2(C(=O)O)CC(OC3(C(=O)O)CC(O)C(NC(=O)COC4(C(=O)O)CC(OC5OC(C)C(O)C(O)C5O)C(NC(C)=O)C(C(O)C(O)CO)O4)C(C(O)C(O)CO)C3)C(NC(C)=O)C(C(O)C(O)CO)O2)C(O)C(O)C1O)C(O)C(O)CCCCCCCCCC(C)CC. The Morgan fingerprint density at radius 2 is 0.906 bits per heavy atom. The van der Waals surface area contributed by atoms with E-state index in [1.54, 1.807) is 0 Å². The molecular formula is C85H152N4O38. The lowest BCUT2D eigenvalue weighted by Crippen LogP contribution is -2.71. The Labute approximate surface area is 741 Å². The molecule has 4 heterocycles. The molecule has 42 nitrogen and oxygen atoms in total. The minimum Gasteiger partial charge on any atom is -0.479 e. The van der Waals surface area contributed by atoms with E-state index in [1.807, 2.05) is 0 Å². The number of carbonyl (C=O) groups excluding carboxylic acids is 4. The number of carbonyl (C=O) groups is 7. The van der Waals surface area contributed by atoms with Gasteiger partial charge in [-0.25, -0.2) is 14.4 Å². The van der Waals surface area contributed by atoms with Crippen LogP contribution in [0.2, 0.25) is 0 Å². The van der Waals surface area contributed by atoms with E-state index in [-0.39, 0.29) is 12.8 Å². The van der Waals surface area contributed by atoms with Crippen molar-refractivity contribution in [1.82, 2.24) is 21.3 Å². The molecular weight excluding hydrogens is 1680 g/mol. The molecule has 1 aliphatic carbocycles. The number of aliphatic hydroxyl groups is 19. The van der Waals surface area contributed by atoms with Gasteiger partial charge in [-0.1, -0.05) is 194 Å². The van der Waals surface area contributed by atoms with Crippen LogP contribution < -0.4 is 21.3 Å². The van der Waals surface area contributed by atoms with E-state index in [1.165, 1.54) is 77.6 Å². The first kappa shape index (κ1) is 113. The van der Waals surface area contributed by atoms with E-state index in [0.29, 0.717) is 31.6 Å². The van der Waals surface area contributed by atoms with Gasteiger partial charge in [0.25, 0.3) is 11.6 Å². The fraction of sp³-hybridized carbons (Fsp3) is 0.918. The van der Waals surface area contributed by atoms with Gasteiger partial charge in [0.2, 0.25) is 23.6 Å². The molecule has 4 saturated heterocycles. The summed E-state index contributed by atoms with van der Waals surface area (Å²) in [5.41, 5.74) is -3.10. The molecule has 0 spiro atoms. The number of carboxylic acids is 3. The molecule has 0 radical (unpaired) electrons. The second kappa shape index (κ2) is 56.4. The molecule has 1 saturated carbocycles. The van der Waals surface area contributed by atoms with Gasteiger partial charge in [-0.05, 0) is 32.1 Å². The summed E-state index contributed by atoms with van der Waals surface area (Å²) in [6.07, 6.45) is -26.6. The van der Waals surface area contributed by atoms with Crippen LogP contribution in [0.4, 0.5) is 0 Å². The number of aliphatic carboxylic acids is 3. The van der Waals surface area contributed by atoms with Crippen LogP contribution in [0, 0.1) is 11.8 Å². The third-order valence-corrected chi connectivity index (χ3v) is 25.2. The van der Waals surface area contributed by atoms with Gasteiger partial charge >= 0.3 is 17.9 Å². The summed E-state index contributed by atoms with van der Waals surface area (Å²) >= 11 is 0. The lowest BCUT2D eigenvalue weighted by molar-refractivity contribution is -0.346. The molecule has 0 aromatic heterocycles. The Kier molecular flexibility index (Phi) is 50.0. The highest BCUT2D eigenvalue weighted by Crippen LogP contribution is 2.45. The lowest BCUT2D eigenvalue weighted by atomic mass is 9.69. The maximum absolute atomic E-state index is 14.3. The number of amides is 4. The molecule has 5 rings (SSSR count). The van der Waals surface area contributed by atoms with Crippen molar-refractivity contribution in [2.24, 2.45) is 11.8 Å². The van der Waals surface area contributed by atoms with Crippen molar-refractivity contribution in [1.29, 1.82) is 0 Å². The first-order chi connectivity index (χ1) is 60.1. The van der Waals surface area contributed by atoms with Crippen molar-refractivity contribution in [2.45, 2.75) is 442 Å². The van der Waals surface area contributed by atoms with E-state index in [0.717, 1.165) is 90.9 Å². The van der Waals surface area contributed by atoms with E-state index >= 15 is 0 Å². The number of nitrogens with one attached hydrogen (secondary N) is 4. The second-order valence-corrected chi connectivity index (χ2v) is 35.4. The van der Waals surface area contributed by atoms with Crippen LogP contribution in [0.25, 0.3) is 0 Å². The van der Waals surface area contributed by atoms with Crippen molar-refractivity contribution in [3.63, 3.8) is 0 Å². The van der Waals surface area contributed by atoms with Gasteiger partial charge in [-0.15, -0.1) is 0 Å². The van der Waals surface area contributed by atoms with Crippen LogP contribution in [-0.2, 0) is 76.2 Å². The lowest BCUT2D eigenvalue weighted by Gasteiger charge is -2.52. The quantitative estimate of drug-likeness (QED) is 0.0277. The molecule has 5 aliphatic rings. The molecule has 33 atom stereocenters. The standard InChI is InChI=1S/C85H152N4O38/c1-7-9-10-11-12-13-14-15-16-17-18-19-20-21-22-25-29-32-35-53(96)77(112)88-51(67(104)52(95)34-31-28-26-23-24-27-30-33-46(3)8-2)43-119-78-73(110)72(109)70(107)60(124-78)44-120-85(82(117)118)39-59(64(87-49(6)94)76(127-85)69(106)57(100)42-92)125-83(80(113)114)36-50(66(103)55(98)40-90)62(54(97)37-83)89-61(101)45-121-84(81(115)116)38-58(123-79-74(111)71(108)65(102)47(4)122-79)63(86-48(5)93)75(126-84)68(105)56(99)41-91/h46-47,50-60,62-76,78-79,90-92,95-100,102-111H,7-45H2,1-6H3,(H,86,93)(H,87,94)(H,88,112)(H,89,101)(H,113,114)(H,115,116)(H,117,118). The van der Waals surface area contributed by atoms with Gasteiger partial charge in [0, 0.05) is 39.0 Å². The third-order valence-electron chi connectivity index (χ3n) is 25.2. The number of ether oxygens (including phenoxy) is 9. The molecule has 127 heavy (non-hydrogen) atoms. The summed E-state index contributed by atoms with van der Waals surface area (Å²) in [6.45, 7) is 2.11. The van der Waals surface area contributed by atoms with Crippen molar-refractivity contribution < 1.29 is 189 Å².